The van der Waals surface area contributed by atoms with Crippen LogP contribution in [0.15, 0.2) is 29.3 Å². The summed E-state index contributed by atoms with van der Waals surface area (Å²) in [4.78, 5) is 28.0. The third-order valence-electron chi connectivity index (χ3n) is 3.91. The van der Waals surface area contributed by atoms with E-state index in [-0.39, 0.29) is 61.5 Å². The largest absolute Gasteiger partial charge is 0.370 e. The quantitative estimate of drug-likeness (QED) is 0.270. The summed E-state index contributed by atoms with van der Waals surface area (Å²) in [5, 5.41) is 5.46. The Hall–Kier alpha value is -1.84. The van der Waals surface area contributed by atoms with Crippen LogP contribution in [0.5, 0.6) is 0 Å². The molecule has 0 saturated carbocycles. The molecule has 0 radical (unpaired) electrons. The van der Waals surface area contributed by atoms with Crippen molar-refractivity contribution in [3.63, 3.8) is 0 Å². The number of halogens is 1. The lowest BCUT2D eigenvalue weighted by Crippen LogP contribution is -2.34. The summed E-state index contributed by atoms with van der Waals surface area (Å²) in [6.07, 6.45) is 1.10. The maximum Gasteiger partial charge on any atom is 0.324 e. The summed E-state index contributed by atoms with van der Waals surface area (Å²) in [6, 6.07) is 7.67. The van der Waals surface area contributed by atoms with Crippen molar-refractivity contribution >= 4 is 47.6 Å². The first-order chi connectivity index (χ1) is 11.0. The van der Waals surface area contributed by atoms with Crippen LogP contribution in [0.2, 0.25) is 0 Å². The molecule has 0 aliphatic carbocycles. The number of imide groups is 1. The van der Waals surface area contributed by atoms with Crippen LogP contribution in [-0.4, -0.2) is 42.4 Å². The molecule has 1 saturated heterocycles. The van der Waals surface area contributed by atoms with Crippen molar-refractivity contribution in [3.05, 3.63) is 29.8 Å². The van der Waals surface area contributed by atoms with Gasteiger partial charge in [-0.05, 0) is 30.0 Å². The Morgan fingerprint density at radius 1 is 1.38 bits per heavy atom. The van der Waals surface area contributed by atoms with E-state index in [0.717, 1.165) is 17.0 Å². The number of amides is 3. The van der Waals surface area contributed by atoms with Gasteiger partial charge in [0.25, 0.3) is 0 Å². The molecule has 1 aromatic rings. The topological polar surface area (TPSA) is 99.8 Å². The summed E-state index contributed by atoms with van der Waals surface area (Å²) in [6.45, 7) is 4.89. The van der Waals surface area contributed by atoms with Crippen molar-refractivity contribution in [1.82, 2.24) is 10.2 Å². The molecule has 1 fully saturated rings. The number of nitrogens with zero attached hydrogens (tertiary/aromatic N) is 2. The molecule has 7 nitrogen and oxygen atoms in total. The average molecular weight is 445 g/mol. The lowest BCUT2D eigenvalue weighted by Gasteiger charge is -2.12. The molecule has 0 spiro atoms. The zero-order valence-corrected chi connectivity index (χ0v) is 16.2. The predicted molar refractivity (Wildman–Crippen MR) is 106 cm³/mol. The standard InChI is InChI=1S/C16H23N5O2.HI/c1-3-11(2)12-4-6-13(7-5-12)20-15(17)18-8-9-21-14(22)10-19-16(21)23;/h4-7,11H,3,8-10H2,1-2H3,(H,19,23)(H3,17,18,20);1H. The number of hydrogen-bond donors (Lipinski definition) is 3. The molecule has 4 N–H and O–H groups in total. The Morgan fingerprint density at radius 3 is 2.58 bits per heavy atom. The lowest BCUT2D eigenvalue weighted by molar-refractivity contribution is -0.124. The zero-order valence-electron chi connectivity index (χ0n) is 13.9. The highest BCUT2D eigenvalue weighted by Gasteiger charge is 2.27. The minimum absolute atomic E-state index is 0. The van der Waals surface area contributed by atoms with Crippen LogP contribution in [0.25, 0.3) is 0 Å². The number of anilines is 1. The minimum atomic E-state index is -0.377. The number of hydrogen-bond acceptors (Lipinski definition) is 3. The molecule has 1 aliphatic heterocycles. The van der Waals surface area contributed by atoms with E-state index in [1.807, 2.05) is 12.1 Å². The highest BCUT2D eigenvalue weighted by atomic mass is 127. The van der Waals surface area contributed by atoms with Crippen molar-refractivity contribution in [2.45, 2.75) is 26.2 Å². The van der Waals surface area contributed by atoms with Crippen molar-refractivity contribution in [2.75, 3.05) is 25.0 Å². The number of nitrogens with one attached hydrogen (secondary N) is 2. The molecular weight excluding hydrogens is 421 g/mol. The summed E-state index contributed by atoms with van der Waals surface area (Å²) in [7, 11) is 0. The lowest BCUT2D eigenvalue weighted by atomic mass is 9.99. The fourth-order valence-electron chi connectivity index (χ4n) is 2.27. The third kappa shape index (κ3) is 5.36. The van der Waals surface area contributed by atoms with Crippen molar-refractivity contribution < 1.29 is 9.59 Å². The molecule has 3 amide bonds. The molecule has 1 aromatic carbocycles. The van der Waals surface area contributed by atoms with E-state index >= 15 is 0 Å². The van der Waals surface area contributed by atoms with Crippen LogP contribution in [0, 0.1) is 0 Å². The Labute approximate surface area is 159 Å². The number of rotatable bonds is 6. The van der Waals surface area contributed by atoms with Gasteiger partial charge in [0.05, 0.1) is 19.6 Å². The van der Waals surface area contributed by atoms with E-state index < -0.39 is 0 Å². The Morgan fingerprint density at radius 2 is 2.04 bits per heavy atom. The smallest absolute Gasteiger partial charge is 0.324 e. The monoisotopic (exact) mass is 445 g/mol. The molecule has 1 atom stereocenters. The van der Waals surface area contributed by atoms with Crippen LogP contribution < -0.4 is 16.4 Å². The van der Waals surface area contributed by atoms with Crippen LogP contribution >= 0.6 is 24.0 Å². The molecule has 1 unspecified atom stereocenters. The fraction of sp³-hybridized carbons (Fsp3) is 0.438. The van der Waals surface area contributed by atoms with E-state index in [2.05, 4.69) is 41.6 Å². The van der Waals surface area contributed by atoms with Gasteiger partial charge in [-0.25, -0.2) is 4.79 Å². The summed E-state index contributed by atoms with van der Waals surface area (Å²) in [5.41, 5.74) is 7.96. The van der Waals surface area contributed by atoms with Gasteiger partial charge in [0, 0.05) is 5.69 Å². The minimum Gasteiger partial charge on any atom is -0.370 e. The van der Waals surface area contributed by atoms with Crippen molar-refractivity contribution in [2.24, 2.45) is 10.7 Å². The first-order valence-corrected chi connectivity index (χ1v) is 7.76. The number of aliphatic imine (C=N–C) groups is 1. The van der Waals surface area contributed by atoms with Gasteiger partial charge in [-0.15, -0.1) is 24.0 Å². The number of benzene rings is 1. The first kappa shape index (κ1) is 20.2. The zero-order chi connectivity index (χ0) is 16.8. The summed E-state index contributed by atoms with van der Waals surface area (Å²) in [5.74, 6) is 0.546. The number of guanidine groups is 1. The molecule has 0 bridgehead atoms. The van der Waals surface area contributed by atoms with Gasteiger partial charge in [0.2, 0.25) is 5.91 Å². The average Bonchev–Trinajstić information content (AvgIpc) is 2.86. The number of carbonyl (C=O) groups is 2. The molecule has 0 aromatic heterocycles. The number of carbonyl (C=O) groups excluding carboxylic acids is 2. The summed E-state index contributed by atoms with van der Waals surface area (Å²) < 4.78 is 0. The Bertz CT molecular complexity index is 587. The normalized spacial score (nSPS) is 15.8. The van der Waals surface area contributed by atoms with Gasteiger partial charge in [-0.2, -0.15) is 0 Å². The van der Waals surface area contributed by atoms with Crippen molar-refractivity contribution in [1.29, 1.82) is 0 Å². The highest BCUT2D eigenvalue weighted by Crippen LogP contribution is 2.20. The fourth-order valence-corrected chi connectivity index (χ4v) is 2.27. The third-order valence-corrected chi connectivity index (χ3v) is 3.91. The SMILES string of the molecule is CCC(C)c1ccc(NC(N)=NCCN2C(=O)CNC2=O)cc1.I. The molecule has 8 heteroatoms. The van der Waals surface area contributed by atoms with Crippen molar-refractivity contribution in [3.8, 4) is 0 Å². The summed E-state index contributed by atoms with van der Waals surface area (Å²) >= 11 is 0. The Kier molecular flexibility index (Phi) is 7.96. The van der Waals surface area contributed by atoms with E-state index in [0.29, 0.717) is 5.92 Å². The first-order valence-electron chi connectivity index (χ1n) is 7.76. The van der Waals surface area contributed by atoms with Gasteiger partial charge in [-0.1, -0.05) is 26.0 Å². The van der Waals surface area contributed by atoms with Gasteiger partial charge in [0.1, 0.15) is 0 Å². The van der Waals surface area contributed by atoms with Crippen LogP contribution in [0.4, 0.5) is 10.5 Å². The van der Waals surface area contributed by atoms with E-state index in [1.54, 1.807) is 0 Å². The molecule has 132 valence electrons. The van der Waals surface area contributed by atoms with Gasteiger partial charge < -0.3 is 16.4 Å². The van der Waals surface area contributed by atoms with Gasteiger partial charge in [0.15, 0.2) is 5.96 Å². The second-order valence-corrected chi connectivity index (χ2v) is 5.53. The number of nitrogens with two attached hydrogens (primary N) is 1. The predicted octanol–water partition coefficient (Wildman–Crippen LogP) is 2.10. The van der Waals surface area contributed by atoms with Crippen LogP contribution in [-0.2, 0) is 4.79 Å². The van der Waals surface area contributed by atoms with E-state index in [9.17, 15) is 9.59 Å². The molecule has 24 heavy (non-hydrogen) atoms. The van der Waals surface area contributed by atoms with Gasteiger partial charge >= 0.3 is 6.03 Å². The van der Waals surface area contributed by atoms with Gasteiger partial charge in [-0.3, -0.25) is 14.7 Å². The maximum atomic E-state index is 11.4. The van der Waals surface area contributed by atoms with E-state index in [4.69, 9.17) is 5.73 Å². The molecular formula is C16H24IN5O2. The second-order valence-electron chi connectivity index (χ2n) is 5.53. The molecule has 2 rings (SSSR count). The maximum absolute atomic E-state index is 11.4. The molecule has 1 aliphatic rings. The molecule has 1 heterocycles. The number of urea groups is 1. The second kappa shape index (κ2) is 9.45. The van der Waals surface area contributed by atoms with E-state index in [1.165, 1.54) is 5.56 Å². The van der Waals surface area contributed by atoms with Crippen LogP contribution in [0.3, 0.4) is 0 Å². The highest BCUT2D eigenvalue weighted by molar-refractivity contribution is 14.0. The Balaban J connectivity index is 0.00000288. The van der Waals surface area contributed by atoms with Crippen LogP contribution in [0.1, 0.15) is 31.7 Å².